The predicted octanol–water partition coefficient (Wildman–Crippen LogP) is 0.652. The van der Waals surface area contributed by atoms with Crippen molar-refractivity contribution in [3.63, 3.8) is 0 Å². The van der Waals surface area contributed by atoms with Crippen LogP contribution in [-0.2, 0) is 19.1 Å². The number of carbonyl (C=O) groups excluding carboxylic acids is 1. The molecule has 0 aromatic carbocycles. The molecule has 1 saturated carbocycles. The van der Waals surface area contributed by atoms with Gasteiger partial charge in [-0.3, -0.25) is 18.8 Å². The Morgan fingerprint density at radius 2 is 2.21 bits per heavy atom. The van der Waals surface area contributed by atoms with Crippen LogP contribution in [-0.4, -0.2) is 46.4 Å². The van der Waals surface area contributed by atoms with Gasteiger partial charge in [-0.05, 0) is 45.2 Å². The number of carbonyl (C=O) groups is 1. The van der Waals surface area contributed by atoms with E-state index in [-0.39, 0.29) is 24.4 Å². The van der Waals surface area contributed by atoms with Gasteiger partial charge in [-0.1, -0.05) is 0 Å². The van der Waals surface area contributed by atoms with Gasteiger partial charge < -0.3 is 11.1 Å². The summed E-state index contributed by atoms with van der Waals surface area (Å²) in [6.07, 6.45) is 2.99. The van der Waals surface area contributed by atoms with Crippen LogP contribution in [0.3, 0.4) is 0 Å². The van der Waals surface area contributed by atoms with Crippen LogP contribution in [0.4, 0.5) is 5.82 Å². The lowest BCUT2D eigenvalue weighted by molar-refractivity contribution is -0.136. The summed E-state index contributed by atoms with van der Waals surface area (Å²) in [4.78, 5) is 28.3. The SMILES string of the molecule is CC(C)S(=O)(=O)OC1(C(N)=O)CCCC(Nc2n[nH]c(=O)c3cccnc23)C1. The fourth-order valence-electron chi connectivity index (χ4n) is 3.31. The summed E-state index contributed by atoms with van der Waals surface area (Å²) in [6, 6.07) is 2.93. The quantitative estimate of drug-likeness (QED) is 0.587. The van der Waals surface area contributed by atoms with Gasteiger partial charge in [0.1, 0.15) is 5.52 Å². The first-order chi connectivity index (χ1) is 13.1. The van der Waals surface area contributed by atoms with Gasteiger partial charge in [-0.2, -0.15) is 13.5 Å². The zero-order chi connectivity index (χ0) is 20.5. The summed E-state index contributed by atoms with van der Waals surface area (Å²) in [5.41, 5.74) is 3.94. The van der Waals surface area contributed by atoms with Crippen LogP contribution in [0.5, 0.6) is 0 Å². The number of nitrogens with two attached hydrogens (primary N) is 1. The van der Waals surface area contributed by atoms with E-state index in [1.165, 1.54) is 13.8 Å². The molecular formula is C17H23N5O5S. The Morgan fingerprint density at radius 3 is 2.89 bits per heavy atom. The fraction of sp³-hybridized carbons (Fsp3) is 0.529. The molecule has 2 unspecified atom stereocenters. The molecule has 0 spiro atoms. The number of aromatic amines is 1. The molecule has 0 radical (unpaired) electrons. The van der Waals surface area contributed by atoms with E-state index in [1.807, 2.05) is 0 Å². The van der Waals surface area contributed by atoms with Crippen LogP contribution in [0.2, 0.25) is 0 Å². The maximum absolute atomic E-state index is 12.3. The van der Waals surface area contributed by atoms with Crippen LogP contribution < -0.4 is 16.6 Å². The van der Waals surface area contributed by atoms with Gasteiger partial charge in [0, 0.05) is 18.7 Å². The topological polar surface area (TPSA) is 157 Å². The van der Waals surface area contributed by atoms with E-state index in [9.17, 15) is 18.0 Å². The molecule has 3 rings (SSSR count). The summed E-state index contributed by atoms with van der Waals surface area (Å²) < 4.78 is 29.9. The average Bonchev–Trinajstić information content (AvgIpc) is 2.64. The number of hydrogen-bond acceptors (Lipinski definition) is 8. The maximum Gasteiger partial charge on any atom is 0.273 e. The molecule has 1 amide bonds. The van der Waals surface area contributed by atoms with Gasteiger partial charge in [0.05, 0.1) is 10.6 Å². The minimum absolute atomic E-state index is 0.0589. The van der Waals surface area contributed by atoms with E-state index < -0.39 is 26.9 Å². The highest BCUT2D eigenvalue weighted by Gasteiger charge is 2.47. The molecule has 10 nitrogen and oxygen atoms in total. The van der Waals surface area contributed by atoms with E-state index >= 15 is 0 Å². The van der Waals surface area contributed by atoms with Gasteiger partial charge in [0.2, 0.25) is 0 Å². The number of nitrogens with one attached hydrogen (secondary N) is 2. The number of anilines is 1. The summed E-state index contributed by atoms with van der Waals surface area (Å²) in [5.74, 6) is -0.479. The predicted molar refractivity (Wildman–Crippen MR) is 103 cm³/mol. The third kappa shape index (κ3) is 3.85. The molecule has 1 fully saturated rings. The monoisotopic (exact) mass is 409 g/mol. The molecule has 0 saturated heterocycles. The minimum Gasteiger partial charge on any atom is -0.367 e. The molecule has 2 aromatic heterocycles. The van der Waals surface area contributed by atoms with Crippen molar-refractivity contribution in [3.05, 3.63) is 28.7 Å². The summed E-state index contributed by atoms with van der Waals surface area (Å²) in [5, 5.41) is 9.13. The highest BCUT2D eigenvalue weighted by atomic mass is 32.2. The largest absolute Gasteiger partial charge is 0.367 e. The lowest BCUT2D eigenvalue weighted by Gasteiger charge is -2.38. The van der Waals surface area contributed by atoms with Crippen LogP contribution >= 0.6 is 0 Å². The third-order valence-corrected chi connectivity index (χ3v) is 6.60. The van der Waals surface area contributed by atoms with Crippen molar-refractivity contribution in [2.45, 2.75) is 56.4 Å². The number of H-pyrrole nitrogens is 1. The first-order valence-electron chi connectivity index (χ1n) is 8.99. The third-order valence-electron chi connectivity index (χ3n) is 4.90. The molecule has 2 atom stereocenters. The Bertz CT molecular complexity index is 1050. The average molecular weight is 409 g/mol. The van der Waals surface area contributed by atoms with Crippen molar-refractivity contribution in [3.8, 4) is 0 Å². The van der Waals surface area contributed by atoms with Gasteiger partial charge in [0.15, 0.2) is 11.4 Å². The maximum atomic E-state index is 12.3. The second-order valence-electron chi connectivity index (χ2n) is 7.22. The van der Waals surface area contributed by atoms with Crippen LogP contribution in [0.1, 0.15) is 39.5 Å². The lowest BCUT2D eigenvalue weighted by Crippen LogP contribution is -2.53. The van der Waals surface area contributed by atoms with E-state index in [2.05, 4.69) is 20.5 Å². The highest BCUT2D eigenvalue weighted by molar-refractivity contribution is 7.87. The van der Waals surface area contributed by atoms with Crippen LogP contribution in [0.25, 0.3) is 10.9 Å². The first kappa shape index (κ1) is 20.2. The van der Waals surface area contributed by atoms with Gasteiger partial charge >= 0.3 is 0 Å². The van der Waals surface area contributed by atoms with Crippen molar-refractivity contribution in [1.29, 1.82) is 0 Å². The van der Waals surface area contributed by atoms with E-state index in [0.717, 1.165) is 0 Å². The second kappa shape index (κ2) is 7.47. The van der Waals surface area contributed by atoms with E-state index in [1.54, 1.807) is 18.3 Å². The number of primary amides is 1. The normalized spacial score (nSPS) is 23.0. The Labute approximate surface area is 162 Å². The Hall–Kier alpha value is -2.53. The molecule has 2 heterocycles. The number of aromatic nitrogens is 3. The summed E-state index contributed by atoms with van der Waals surface area (Å²) in [7, 11) is -3.94. The lowest BCUT2D eigenvalue weighted by atomic mass is 9.81. The van der Waals surface area contributed by atoms with Gasteiger partial charge in [-0.25, -0.2) is 5.10 Å². The first-order valence-corrected chi connectivity index (χ1v) is 10.5. The van der Waals surface area contributed by atoms with Crippen molar-refractivity contribution in [1.82, 2.24) is 15.2 Å². The molecule has 0 bridgehead atoms. The molecule has 4 N–H and O–H groups in total. The molecule has 152 valence electrons. The Balaban J connectivity index is 1.90. The number of fused-ring (bicyclic) bond motifs is 1. The fourth-order valence-corrected chi connectivity index (χ4v) is 4.18. The molecule has 2 aromatic rings. The minimum atomic E-state index is -3.94. The second-order valence-corrected chi connectivity index (χ2v) is 9.32. The number of rotatable bonds is 6. The van der Waals surface area contributed by atoms with E-state index in [0.29, 0.717) is 29.6 Å². The number of amides is 1. The highest BCUT2D eigenvalue weighted by Crippen LogP contribution is 2.35. The van der Waals surface area contributed by atoms with Gasteiger partial charge in [0.25, 0.3) is 21.6 Å². The van der Waals surface area contributed by atoms with E-state index in [4.69, 9.17) is 9.92 Å². The van der Waals surface area contributed by atoms with Crippen molar-refractivity contribution >= 4 is 32.7 Å². The van der Waals surface area contributed by atoms with Crippen molar-refractivity contribution in [2.75, 3.05) is 5.32 Å². The molecule has 28 heavy (non-hydrogen) atoms. The number of pyridine rings is 1. The smallest absolute Gasteiger partial charge is 0.273 e. The molecular weight excluding hydrogens is 386 g/mol. The van der Waals surface area contributed by atoms with Crippen molar-refractivity contribution in [2.24, 2.45) is 5.73 Å². The molecule has 1 aliphatic rings. The zero-order valence-electron chi connectivity index (χ0n) is 15.6. The standard InChI is InChI=1S/C17H23N5O5S/c1-10(2)28(25,26)27-17(16(18)24)7-3-5-11(9-17)20-14-13-12(6-4-8-19-13)15(23)22-21-14/h4,6,8,10-11H,3,5,7,9H2,1-2H3,(H2,18,24)(H,20,21)(H,22,23). The zero-order valence-corrected chi connectivity index (χ0v) is 16.5. The van der Waals surface area contributed by atoms with Gasteiger partial charge in [-0.15, -0.1) is 0 Å². The molecule has 11 heteroatoms. The molecule has 0 aliphatic heterocycles. The number of nitrogens with zero attached hydrogens (tertiary/aromatic N) is 2. The van der Waals surface area contributed by atoms with Crippen LogP contribution in [0.15, 0.2) is 23.1 Å². The Kier molecular flexibility index (Phi) is 5.39. The summed E-state index contributed by atoms with van der Waals surface area (Å²) >= 11 is 0. The summed E-state index contributed by atoms with van der Waals surface area (Å²) in [6.45, 7) is 2.95. The molecule has 1 aliphatic carbocycles. The van der Waals surface area contributed by atoms with Crippen molar-refractivity contribution < 1.29 is 17.4 Å². The number of hydrogen-bond donors (Lipinski definition) is 3. The van der Waals surface area contributed by atoms with Crippen LogP contribution in [0, 0.1) is 0 Å². The Morgan fingerprint density at radius 1 is 1.46 bits per heavy atom.